The predicted octanol–water partition coefficient (Wildman–Crippen LogP) is 2.89. The molecule has 0 spiro atoms. The Morgan fingerprint density at radius 2 is 1.69 bits per heavy atom. The molecule has 0 aliphatic rings. The maximum atomic E-state index is 12.2. The van der Waals surface area contributed by atoms with Crippen LogP contribution in [0.1, 0.15) is 29.7 Å². The topological polar surface area (TPSA) is 84.9 Å². The van der Waals surface area contributed by atoms with E-state index in [-0.39, 0.29) is 13.2 Å². The van der Waals surface area contributed by atoms with Crippen molar-refractivity contribution in [3.8, 4) is 0 Å². The third-order valence-corrected chi connectivity index (χ3v) is 3.76. The van der Waals surface area contributed by atoms with Crippen LogP contribution in [0.3, 0.4) is 0 Å². The van der Waals surface area contributed by atoms with E-state index in [9.17, 15) is 14.7 Å². The highest BCUT2D eigenvalue weighted by Gasteiger charge is 2.31. The molecule has 0 unspecified atom stereocenters. The fraction of sp³-hybridized carbons (Fsp3) is 0.300. The summed E-state index contributed by atoms with van der Waals surface area (Å²) in [6.45, 7) is 3.76. The van der Waals surface area contributed by atoms with Crippen LogP contribution in [0.5, 0.6) is 0 Å². The Labute approximate surface area is 152 Å². The molecule has 0 saturated heterocycles. The van der Waals surface area contributed by atoms with Crippen molar-refractivity contribution in [3.63, 3.8) is 0 Å². The van der Waals surface area contributed by atoms with Crippen LogP contribution in [-0.4, -0.2) is 29.8 Å². The van der Waals surface area contributed by atoms with E-state index < -0.39 is 24.2 Å². The van der Waals surface area contributed by atoms with Gasteiger partial charge in [0, 0.05) is 0 Å². The summed E-state index contributed by atoms with van der Waals surface area (Å²) in [7, 11) is 0. The van der Waals surface area contributed by atoms with Crippen LogP contribution in [0.15, 0.2) is 54.6 Å². The molecule has 0 bridgehead atoms. The molecule has 2 aromatic carbocycles. The van der Waals surface area contributed by atoms with Crippen molar-refractivity contribution in [2.24, 2.45) is 0 Å². The first-order valence-electron chi connectivity index (χ1n) is 8.39. The van der Waals surface area contributed by atoms with Gasteiger partial charge in [0.05, 0.1) is 6.61 Å². The molecule has 138 valence electrons. The van der Waals surface area contributed by atoms with Crippen molar-refractivity contribution in [3.05, 3.63) is 71.3 Å². The highest BCUT2D eigenvalue weighted by molar-refractivity contribution is 5.82. The third-order valence-electron chi connectivity index (χ3n) is 3.76. The van der Waals surface area contributed by atoms with E-state index in [0.717, 1.165) is 11.1 Å². The number of amides is 1. The number of esters is 1. The standard InChI is InChI=1S/C20H23NO5/c1-3-25-19(23)17(18(22)16-11-9-14(2)10-12-16)21-20(24)26-13-15-7-5-4-6-8-15/h4-12,17-18,22H,3,13H2,1-2H3,(H,21,24)/t17-,18+/m0/s1. The molecule has 0 aliphatic heterocycles. The van der Waals surface area contributed by atoms with E-state index in [0.29, 0.717) is 5.56 Å². The normalized spacial score (nSPS) is 12.7. The van der Waals surface area contributed by atoms with Crippen LogP contribution in [0.4, 0.5) is 4.79 Å². The SMILES string of the molecule is CCOC(=O)[C@@H](NC(=O)OCc1ccccc1)[C@H](O)c1ccc(C)cc1. The minimum absolute atomic E-state index is 0.0584. The maximum absolute atomic E-state index is 12.2. The monoisotopic (exact) mass is 357 g/mol. The molecule has 2 atom stereocenters. The summed E-state index contributed by atoms with van der Waals surface area (Å²) in [4.78, 5) is 24.3. The van der Waals surface area contributed by atoms with E-state index in [4.69, 9.17) is 9.47 Å². The van der Waals surface area contributed by atoms with Gasteiger partial charge in [-0.15, -0.1) is 0 Å². The molecule has 2 N–H and O–H groups in total. The summed E-state index contributed by atoms with van der Waals surface area (Å²) < 4.78 is 10.1. The van der Waals surface area contributed by atoms with Gasteiger partial charge in [0.1, 0.15) is 12.7 Å². The molecule has 0 fully saturated rings. The lowest BCUT2D eigenvalue weighted by Gasteiger charge is -2.22. The van der Waals surface area contributed by atoms with Crippen LogP contribution < -0.4 is 5.32 Å². The molecule has 6 nitrogen and oxygen atoms in total. The molecule has 0 aromatic heterocycles. The first-order valence-corrected chi connectivity index (χ1v) is 8.39. The Bertz CT molecular complexity index is 715. The minimum atomic E-state index is -1.26. The molecule has 0 radical (unpaired) electrons. The zero-order chi connectivity index (χ0) is 18.9. The van der Waals surface area contributed by atoms with Crippen LogP contribution >= 0.6 is 0 Å². The highest BCUT2D eigenvalue weighted by Crippen LogP contribution is 2.19. The van der Waals surface area contributed by atoms with Crippen LogP contribution in [-0.2, 0) is 20.9 Å². The van der Waals surface area contributed by atoms with Crippen molar-refractivity contribution in [2.75, 3.05) is 6.61 Å². The quantitative estimate of drug-likeness (QED) is 0.744. The number of rotatable bonds is 7. The number of nitrogens with one attached hydrogen (secondary N) is 1. The van der Waals surface area contributed by atoms with Gasteiger partial charge >= 0.3 is 12.1 Å². The maximum Gasteiger partial charge on any atom is 0.408 e. The number of benzene rings is 2. The summed E-state index contributed by atoms with van der Waals surface area (Å²) in [5.41, 5.74) is 2.33. The van der Waals surface area contributed by atoms with Crippen LogP contribution in [0.2, 0.25) is 0 Å². The molecular weight excluding hydrogens is 334 g/mol. The van der Waals surface area contributed by atoms with Crippen molar-refractivity contribution in [1.82, 2.24) is 5.32 Å². The van der Waals surface area contributed by atoms with Gasteiger partial charge in [0.25, 0.3) is 0 Å². The van der Waals surface area contributed by atoms with Gasteiger partial charge in [-0.05, 0) is 25.0 Å². The third kappa shape index (κ3) is 5.60. The number of aliphatic hydroxyl groups excluding tert-OH is 1. The second-order valence-corrected chi connectivity index (χ2v) is 5.79. The second kappa shape index (κ2) is 9.58. The number of aryl methyl sites for hydroxylation is 1. The van der Waals surface area contributed by atoms with Crippen LogP contribution in [0.25, 0.3) is 0 Å². The number of aliphatic hydroxyl groups is 1. The lowest BCUT2D eigenvalue weighted by atomic mass is 10.0. The van der Waals surface area contributed by atoms with Crippen molar-refractivity contribution in [1.29, 1.82) is 0 Å². The lowest BCUT2D eigenvalue weighted by molar-refractivity contribution is -0.148. The van der Waals surface area contributed by atoms with Crippen LogP contribution in [0, 0.1) is 6.92 Å². The Morgan fingerprint density at radius 3 is 2.31 bits per heavy atom. The van der Waals surface area contributed by atoms with Gasteiger partial charge < -0.3 is 19.9 Å². The molecule has 26 heavy (non-hydrogen) atoms. The smallest absolute Gasteiger partial charge is 0.408 e. The Balaban J connectivity index is 2.05. The number of carbonyl (C=O) groups is 2. The van der Waals surface area contributed by atoms with Gasteiger partial charge in [-0.25, -0.2) is 9.59 Å². The molecule has 0 aliphatic carbocycles. The average molecular weight is 357 g/mol. The lowest BCUT2D eigenvalue weighted by Crippen LogP contribution is -2.46. The largest absolute Gasteiger partial charge is 0.464 e. The molecule has 2 aromatic rings. The zero-order valence-electron chi connectivity index (χ0n) is 14.8. The van der Waals surface area contributed by atoms with Gasteiger partial charge in [-0.2, -0.15) is 0 Å². The van der Waals surface area contributed by atoms with Crippen molar-refractivity contribution < 1.29 is 24.2 Å². The first-order chi connectivity index (χ1) is 12.5. The summed E-state index contributed by atoms with van der Waals surface area (Å²) in [5, 5.41) is 12.9. The number of ether oxygens (including phenoxy) is 2. The average Bonchev–Trinajstić information content (AvgIpc) is 2.65. The molecule has 0 heterocycles. The second-order valence-electron chi connectivity index (χ2n) is 5.79. The summed E-state index contributed by atoms with van der Waals surface area (Å²) in [5.74, 6) is -0.725. The highest BCUT2D eigenvalue weighted by atomic mass is 16.6. The molecule has 0 saturated carbocycles. The molecule has 2 rings (SSSR count). The summed E-state index contributed by atoms with van der Waals surface area (Å²) in [6.07, 6.45) is -2.06. The molecular formula is C20H23NO5. The fourth-order valence-electron chi connectivity index (χ4n) is 2.35. The Morgan fingerprint density at radius 1 is 1.04 bits per heavy atom. The zero-order valence-corrected chi connectivity index (χ0v) is 14.8. The summed E-state index contributed by atoms with van der Waals surface area (Å²) in [6, 6.07) is 14.9. The number of carbonyl (C=O) groups excluding carboxylic acids is 2. The van der Waals surface area contributed by atoms with E-state index in [1.807, 2.05) is 49.4 Å². The van der Waals surface area contributed by atoms with Gasteiger partial charge in [-0.3, -0.25) is 0 Å². The van der Waals surface area contributed by atoms with Gasteiger partial charge in [-0.1, -0.05) is 60.2 Å². The van der Waals surface area contributed by atoms with Gasteiger partial charge in [0.15, 0.2) is 6.04 Å². The van der Waals surface area contributed by atoms with Crippen molar-refractivity contribution >= 4 is 12.1 Å². The van der Waals surface area contributed by atoms with E-state index in [1.165, 1.54) is 0 Å². The number of hydrogen-bond donors (Lipinski definition) is 2. The Hall–Kier alpha value is -2.86. The number of alkyl carbamates (subject to hydrolysis) is 1. The van der Waals surface area contributed by atoms with Gasteiger partial charge in [0.2, 0.25) is 0 Å². The predicted molar refractivity (Wildman–Crippen MR) is 96.3 cm³/mol. The Kier molecular flexibility index (Phi) is 7.17. The van der Waals surface area contributed by atoms with E-state index >= 15 is 0 Å². The summed E-state index contributed by atoms with van der Waals surface area (Å²) >= 11 is 0. The van der Waals surface area contributed by atoms with E-state index in [1.54, 1.807) is 19.1 Å². The molecule has 1 amide bonds. The first kappa shape index (κ1) is 19.5. The van der Waals surface area contributed by atoms with E-state index in [2.05, 4.69) is 5.32 Å². The number of hydrogen-bond acceptors (Lipinski definition) is 5. The minimum Gasteiger partial charge on any atom is -0.464 e. The molecule has 6 heteroatoms. The van der Waals surface area contributed by atoms with Crippen molar-refractivity contribution in [2.45, 2.75) is 32.6 Å². The fourth-order valence-corrected chi connectivity index (χ4v) is 2.35.